The molecule has 1 aliphatic rings. The molecule has 0 aliphatic carbocycles. The second kappa shape index (κ2) is 28.4. The van der Waals surface area contributed by atoms with E-state index in [1.54, 1.807) is 47.7 Å². The molecule has 0 radical (unpaired) electrons. The molecular weight excluding hydrogens is 973 g/mol. The molecule has 2 atom stereocenters. The van der Waals surface area contributed by atoms with E-state index in [9.17, 15) is 67.7 Å². The molecule has 0 saturated carbocycles. The van der Waals surface area contributed by atoms with Gasteiger partial charge in [0.25, 0.3) is 0 Å². The Hall–Kier alpha value is -8.66. The highest BCUT2D eigenvalue weighted by atomic mass is 16.3. The fourth-order valence-corrected chi connectivity index (χ4v) is 6.86. The maximum absolute atomic E-state index is 13.9. The van der Waals surface area contributed by atoms with E-state index >= 15 is 0 Å². The SMILES string of the molecule is CC(C)C(=O)[C@H](CO)NC(=O)CNC(=O)CNC(=O)CNC(=O)CNC(=O)[C@H](CO)NC(=O)CNC(=O)CNC(=O)CNC(=O)CNC(=O)CCC(=O)N1c2ccccc2-c2nnn(C(C)C)c2-c2ccccc21. The number of carbonyl (C=O) groups excluding carboxylic acids is 12. The Morgan fingerprint density at radius 3 is 1.32 bits per heavy atom. The number of Topliss-reactive ketones (excluding diaryl/α,β-unsaturated/α-hetero) is 1. The van der Waals surface area contributed by atoms with Gasteiger partial charge in [-0.15, -0.1) is 5.10 Å². The molecule has 2 aromatic carbocycles. The van der Waals surface area contributed by atoms with E-state index in [4.69, 9.17) is 0 Å². The van der Waals surface area contributed by atoms with Crippen LogP contribution in [0.15, 0.2) is 48.5 Å². The zero-order chi connectivity index (χ0) is 54.5. The van der Waals surface area contributed by atoms with Crippen LogP contribution in [-0.4, -0.2) is 174 Å². The Morgan fingerprint density at radius 2 is 0.878 bits per heavy atom. The molecule has 3 aromatic rings. The normalized spacial score (nSPS) is 12.0. The number of fused-ring (bicyclic) bond motifs is 5. The van der Waals surface area contributed by atoms with Crippen molar-refractivity contribution in [2.45, 2.75) is 58.7 Å². The molecule has 74 heavy (non-hydrogen) atoms. The van der Waals surface area contributed by atoms with E-state index in [1.807, 2.05) is 38.1 Å². The molecule has 28 nitrogen and oxygen atoms in total. The van der Waals surface area contributed by atoms with Gasteiger partial charge in [-0.05, 0) is 26.0 Å². The summed E-state index contributed by atoms with van der Waals surface area (Å²) < 4.78 is 1.79. The van der Waals surface area contributed by atoms with E-state index in [0.717, 1.165) is 11.3 Å². The highest BCUT2D eigenvalue weighted by Crippen LogP contribution is 2.47. The van der Waals surface area contributed by atoms with Crippen molar-refractivity contribution in [1.82, 2.24) is 68.2 Å². The third-order valence-electron chi connectivity index (χ3n) is 10.6. The average molecular weight is 1030 g/mol. The summed E-state index contributed by atoms with van der Waals surface area (Å²) in [4.78, 5) is 150. The number of rotatable bonds is 27. The van der Waals surface area contributed by atoms with Gasteiger partial charge in [-0.1, -0.05) is 55.5 Å². The van der Waals surface area contributed by atoms with Crippen LogP contribution < -0.4 is 58.1 Å². The van der Waals surface area contributed by atoms with Crippen molar-refractivity contribution < 1.29 is 67.7 Å². The first-order valence-corrected chi connectivity index (χ1v) is 23.2. The topological polar surface area (TPSA) is 400 Å². The highest BCUT2D eigenvalue weighted by molar-refractivity contribution is 6.10. The number of para-hydroxylation sites is 2. The number of aliphatic hydroxyl groups is 2. The lowest BCUT2D eigenvalue weighted by atomic mass is 10.0. The average Bonchev–Trinajstić information content (AvgIpc) is 3.79. The van der Waals surface area contributed by atoms with Gasteiger partial charge in [-0.3, -0.25) is 62.4 Å². The molecule has 1 aliphatic heterocycles. The summed E-state index contributed by atoms with van der Waals surface area (Å²) in [5.41, 5.74) is 3.92. The third kappa shape index (κ3) is 17.3. The number of carbonyl (C=O) groups is 12. The first kappa shape index (κ1) is 57.9. The van der Waals surface area contributed by atoms with Crippen LogP contribution in [0.3, 0.4) is 0 Å². The molecular formula is C46H60N14O14. The van der Waals surface area contributed by atoms with Crippen LogP contribution in [0.2, 0.25) is 0 Å². The smallest absolute Gasteiger partial charge is 0.245 e. The molecule has 12 N–H and O–H groups in total. The molecule has 0 unspecified atom stereocenters. The lowest BCUT2D eigenvalue weighted by Crippen LogP contribution is -2.53. The largest absolute Gasteiger partial charge is 0.394 e. The van der Waals surface area contributed by atoms with Gasteiger partial charge >= 0.3 is 0 Å². The van der Waals surface area contributed by atoms with Crippen molar-refractivity contribution in [2.75, 3.05) is 70.5 Å². The van der Waals surface area contributed by atoms with Crippen LogP contribution in [0.4, 0.5) is 11.4 Å². The molecule has 4 rings (SSSR count). The summed E-state index contributed by atoms with van der Waals surface area (Å²) in [6.07, 6.45) is -0.478. The maximum atomic E-state index is 13.9. The second-order valence-electron chi connectivity index (χ2n) is 16.9. The molecule has 2 heterocycles. The molecule has 398 valence electrons. The van der Waals surface area contributed by atoms with Crippen LogP contribution in [0.25, 0.3) is 22.5 Å². The Labute approximate surface area is 423 Å². The number of nitrogens with one attached hydrogen (secondary N) is 10. The van der Waals surface area contributed by atoms with Crippen molar-refractivity contribution >= 4 is 82.1 Å². The number of ketones is 1. The fourth-order valence-electron chi connectivity index (χ4n) is 6.86. The van der Waals surface area contributed by atoms with E-state index < -0.39 is 148 Å². The number of hydrogen-bond acceptors (Lipinski definition) is 16. The van der Waals surface area contributed by atoms with Gasteiger partial charge in [0.2, 0.25) is 65.0 Å². The van der Waals surface area contributed by atoms with Gasteiger partial charge in [-0.2, -0.15) is 0 Å². The van der Waals surface area contributed by atoms with Crippen LogP contribution >= 0.6 is 0 Å². The summed E-state index contributed by atoms with van der Waals surface area (Å²) in [5.74, 6) is -9.42. The Kier molecular flexibility index (Phi) is 22.2. The quantitative estimate of drug-likeness (QED) is 0.0340. The van der Waals surface area contributed by atoms with Crippen molar-refractivity contribution in [3.63, 3.8) is 0 Å². The van der Waals surface area contributed by atoms with Crippen molar-refractivity contribution in [3.05, 3.63) is 48.5 Å². The Bertz CT molecular complexity index is 2600. The Balaban J connectivity index is 1.07. The number of benzene rings is 2. The number of amides is 11. The van der Waals surface area contributed by atoms with Gasteiger partial charge in [0.15, 0.2) is 5.78 Å². The minimum absolute atomic E-state index is 0.0308. The lowest BCUT2D eigenvalue weighted by molar-refractivity contribution is -0.132. The number of nitrogens with zero attached hydrogens (tertiary/aromatic N) is 4. The molecule has 0 fully saturated rings. The maximum Gasteiger partial charge on any atom is 0.245 e. The molecule has 1 aromatic heterocycles. The highest BCUT2D eigenvalue weighted by Gasteiger charge is 2.33. The number of anilines is 2. The molecule has 0 saturated heterocycles. The molecule has 0 spiro atoms. The third-order valence-corrected chi connectivity index (χ3v) is 10.6. The Morgan fingerprint density at radius 1 is 0.486 bits per heavy atom. The minimum atomic E-state index is -1.57. The zero-order valence-corrected chi connectivity index (χ0v) is 41.0. The predicted molar refractivity (Wildman–Crippen MR) is 260 cm³/mol. The van der Waals surface area contributed by atoms with Gasteiger partial charge < -0.3 is 63.4 Å². The van der Waals surface area contributed by atoms with E-state index in [0.29, 0.717) is 22.6 Å². The number of aromatic nitrogens is 3. The van der Waals surface area contributed by atoms with Gasteiger partial charge in [0, 0.05) is 35.9 Å². The second-order valence-corrected chi connectivity index (χ2v) is 16.9. The summed E-state index contributed by atoms with van der Waals surface area (Å²) in [6, 6.07) is 11.8. The number of hydrogen-bond donors (Lipinski definition) is 12. The van der Waals surface area contributed by atoms with Gasteiger partial charge in [0.05, 0.1) is 82.6 Å². The minimum Gasteiger partial charge on any atom is -0.394 e. The van der Waals surface area contributed by atoms with E-state index in [2.05, 4.69) is 63.5 Å². The van der Waals surface area contributed by atoms with Gasteiger partial charge in [0.1, 0.15) is 17.8 Å². The van der Waals surface area contributed by atoms with Crippen LogP contribution in [0.5, 0.6) is 0 Å². The zero-order valence-electron chi connectivity index (χ0n) is 41.0. The van der Waals surface area contributed by atoms with Crippen LogP contribution in [-0.2, 0) is 57.5 Å². The summed E-state index contributed by atoms with van der Waals surface area (Å²) in [5, 5.41) is 49.9. The lowest BCUT2D eigenvalue weighted by Gasteiger charge is -2.25. The van der Waals surface area contributed by atoms with Crippen molar-refractivity contribution in [3.8, 4) is 22.5 Å². The molecule has 11 amide bonds. The summed E-state index contributed by atoms with van der Waals surface area (Å²) in [7, 11) is 0. The predicted octanol–water partition coefficient (Wildman–Crippen LogP) is -4.94. The van der Waals surface area contributed by atoms with Crippen LogP contribution in [0.1, 0.15) is 46.6 Å². The van der Waals surface area contributed by atoms with Crippen molar-refractivity contribution in [2.24, 2.45) is 5.92 Å². The first-order chi connectivity index (χ1) is 35.2. The number of aliphatic hydroxyl groups excluding tert-OH is 2. The van der Waals surface area contributed by atoms with Crippen LogP contribution in [0, 0.1) is 5.92 Å². The first-order valence-electron chi connectivity index (χ1n) is 23.2. The summed E-state index contributed by atoms with van der Waals surface area (Å²) >= 11 is 0. The summed E-state index contributed by atoms with van der Waals surface area (Å²) in [6.45, 7) is 0.676. The molecule has 0 bridgehead atoms. The monoisotopic (exact) mass is 1030 g/mol. The van der Waals surface area contributed by atoms with Crippen molar-refractivity contribution in [1.29, 1.82) is 0 Å². The standard InChI is InChI=1S/C46H60N14O14/c1-25(2)45(73)29(23-61)55-40(70)21-52-37(67)18-50-36(66)17-51-39(69)20-54-46(74)30(24-62)56-41(71)22-53-38(68)19-49-35(65)16-48-34(64)15-47-33(63)13-14-42(72)59-31-11-7-5-9-27(31)43-44(60(26(3)4)58-57-43)28-10-6-8-12-32(28)59/h5-12,25-26,29-30,61-62H,13-24H2,1-4H3,(H,47,63)(H,48,64)(H,49,65)(H,50,66)(H,51,69)(H,52,67)(H,53,68)(H,54,74)(H,55,70)(H,56,71)/t29-,30-/m0/s1. The fraction of sp³-hybridized carbons (Fsp3) is 0.435. The molecule has 28 heteroatoms. The van der Waals surface area contributed by atoms with Gasteiger partial charge in [-0.25, -0.2) is 4.68 Å². The van der Waals surface area contributed by atoms with E-state index in [1.165, 1.54) is 0 Å². The van der Waals surface area contributed by atoms with E-state index in [-0.39, 0.29) is 24.8 Å².